The van der Waals surface area contributed by atoms with E-state index in [1.165, 1.54) is 21.3 Å². The van der Waals surface area contributed by atoms with Gasteiger partial charge in [0, 0.05) is 0 Å². The molecule has 0 unspecified atom stereocenters. The van der Waals surface area contributed by atoms with Crippen molar-refractivity contribution in [2.24, 2.45) is 5.73 Å². The predicted octanol–water partition coefficient (Wildman–Crippen LogP) is 1.28. The Labute approximate surface area is 106 Å². The van der Waals surface area contributed by atoms with E-state index in [1.54, 1.807) is 12.1 Å². The van der Waals surface area contributed by atoms with Crippen molar-refractivity contribution < 1.29 is 19.0 Å². The number of ether oxygens (including phenoxy) is 3. The summed E-state index contributed by atoms with van der Waals surface area (Å²) in [5, 5.41) is 0. The summed E-state index contributed by atoms with van der Waals surface area (Å²) in [5.74, 6) is 1.03. The molecule has 0 spiro atoms. The zero-order valence-corrected chi connectivity index (χ0v) is 10.8. The number of benzene rings is 1. The largest absolute Gasteiger partial charge is 0.493 e. The molecule has 0 radical (unpaired) electrons. The number of nitrogens with two attached hydrogens (primary N) is 1. The molecular weight excluding hydrogens is 246 g/mol. The van der Waals surface area contributed by atoms with Crippen molar-refractivity contribution in [3.05, 3.63) is 17.7 Å². The number of carbonyl (C=O) groups is 1. The van der Waals surface area contributed by atoms with Crippen molar-refractivity contribution in [1.29, 1.82) is 0 Å². The molecular formula is C11H16ClNO4. The monoisotopic (exact) mass is 261 g/mol. The van der Waals surface area contributed by atoms with E-state index in [2.05, 4.69) is 0 Å². The number of methoxy groups -OCH3 is 3. The SMILES string of the molecule is COc1ccc(C(=O)CN)c(OC)c1OC.Cl. The lowest BCUT2D eigenvalue weighted by Gasteiger charge is -2.14. The third kappa shape index (κ3) is 3.01. The van der Waals surface area contributed by atoms with Gasteiger partial charge in [-0.05, 0) is 12.1 Å². The Morgan fingerprint density at radius 3 is 2.12 bits per heavy atom. The Bertz CT molecular complexity index is 395. The fourth-order valence-corrected chi connectivity index (χ4v) is 1.43. The maximum absolute atomic E-state index is 11.6. The van der Waals surface area contributed by atoms with Crippen LogP contribution in [0.25, 0.3) is 0 Å². The Kier molecular flexibility index (Phi) is 6.38. The van der Waals surface area contributed by atoms with Gasteiger partial charge in [0.05, 0.1) is 33.4 Å². The van der Waals surface area contributed by atoms with E-state index in [-0.39, 0.29) is 24.7 Å². The smallest absolute Gasteiger partial charge is 0.204 e. The van der Waals surface area contributed by atoms with Gasteiger partial charge in [0.1, 0.15) is 0 Å². The summed E-state index contributed by atoms with van der Waals surface area (Å²) in [7, 11) is 4.46. The fraction of sp³-hybridized carbons (Fsp3) is 0.364. The van der Waals surface area contributed by atoms with E-state index in [0.29, 0.717) is 22.8 Å². The van der Waals surface area contributed by atoms with Crippen molar-refractivity contribution in [2.45, 2.75) is 0 Å². The molecule has 0 atom stereocenters. The average molecular weight is 262 g/mol. The first-order valence-electron chi connectivity index (χ1n) is 4.71. The van der Waals surface area contributed by atoms with Crippen LogP contribution in [0.3, 0.4) is 0 Å². The van der Waals surface area contributed by atoms with Crippen LogP contribution in [0.15, 0.2) is 12.1 Å². The van der Waals surface area contributed by atoms with Crippen molar-refractivity contribution in [3.8, 4) is 17.2 Å². The topological polar surface area (TPSA) is 70.8 Å². The minimum atomic E-state index is -0.210. The summed E-state index contributed by atoms with van der Waals surface area (Å²) in [6.45, 7) is -0.0775. The summed E-state index contributed by atoms with van der Waals surface area (Å²) in [6, 6.07) is 3.25. The van der Waals surface area contributed by atoms with Crippen molar-refractivity contribution >= 4 is 18.2 Å². The first kappa shape index (κ1) is 15.5. The molecule has 0 heterocycles. The van der Waals surface area contributed by atoms with Crippen molar-refractivity contribution in [2.75, 3.05) is 27.9 Å². The maximum atomic E-state index is 11.6. The Morgan fingerprint density at radius 2 is 1.71 bits per heavy atom. The molecule has 0 saturated carbocycles. The van der Waals surface area contributed by atoms with Crippen LogP contribution in [0, 0.1) is 0 Å². The molecule has 6 heteroatoms. The molecule has 17 heavy (non-hydrogen) atoms. The summed E-state index contributed by atoms with van der Waals surface area (Å²) >= 11 is 0. The van der Waals surface area contributed by atoms with Gasteiger partial charge in [-0.1, -0.05) is 0 Å². The van der Waals surface area contributed by atoms with Crippen LogP contribution in [0.5, 0.6) is 17.2 Å². The van der Waals surface area contributed by atoms with Crippen LogP contribution in [-0.4, -0.2) is 33.7 Å². The zero-order chi connectivity index (χ0) is 12.1. The summed E-state index contributed by atoms with van der Waals surface area (Å²) in [6.07, 6.45) is 0. The third-order valence-electron chi connectivity index (χ3n) is 2.19. The van der Waals surface area contributed by atoms with Gasteiger partial charge in [0.15, 0.2) is 17.3 Å². The van der Waals surface area contributed by atoms with Gasteiger partial charge in [0.2, 0.25) is 5.75 Å². The van der Waals surface area contributed by atoms with E-state index < -0.39 is 0 Å². The van der Waals surface area contributed by atoms with Crippen LogP contribution in [0.1, 0.15) is 10.4 Å². The molecule has 0 fully saturated rings. The van der Waals surface area contributed by atoms with Crippen LogP contribution >= 0.6 is 12.4 Å². The molecule has 2 N–H and O–H groups in total. The Morgan fingerprint density at radius 1 is 1.12 bits per heavy atom. The normalized spacial score (nSPS) is 9.18. The molecule has 0 amide bonds. The van der Waals surface area contributed by atoms with E-state index >= 15 is 0 Å². The number of rotatable bonds is 5. The number of halogens is 1. The lowest BCUT2D eigenvalue weighted by Crippen LogP contribution is -2.15. The molecule has 96 valence electrons. The molecule has 0 aliphatic rings. The van der Waals surface area contributed by atoms with E-state index in [9.17, 15) is 4.79 Å². The van der Waals surface area contributed by atoms with Crippen LogP contribution in [0.2, 0.25) is 0 Å². The maximum Gasteiger partial charge on any atom is 0.204 e. The summed E-state index contributed by atoms with van der Waals surface area (Å²) in [4.78, 5) is 11.6. The van der Waals surface area contributed by atoms with Crippen molar-refractivity contribution in [3.63, 3.8) is 0 Å². The second-order valence-electron chi connectivity index (χ2n) is 3.01. The molecule has 0 saturated heterocycles. The van der Waals surface area contributed by atoms with Crippen LogP contribution in [0.4, 0.5) is 0 Å². The third-order valence-corrected chi connectivity index (χ3v) is 2.19. The minimum Gasteiger partial charge on any atom is -0.493 e. The molecule has 1 aromatic carbocycles. The van der Waals surface area contributed by atoms with Gasteiger partial charge in [-0.25, -0.2) is 0 Å². The number of carbonyl (C=O) groups excluding carboxylic acids is 1. The number of hydrogen-bond acceptors (Lipinski definition) is 5. The van der Waals surface area contributed by atoms with Gasteiger partial charge in [-0.2, -0.15) is 0 Å². The quantitative estimate of drug-likeness (QED) is 0.809. The summed E-state index contributed by atoms with van der Waals surface area (Å²) < 4.78 is 15.4. The summed E-state index contributed by atoms with van der Waals surface area (Å²) in [5.41, 5.74) is 5.70. The number of hydrogen-bond donors (Lipinski definition) is 1. The Hall–Kier alpha value is -1.46. The fourth-order valence-electron chi connectivity index (χ4n) is 1.43. The van der Waals surface area contributed by atoms with Gasteiger partial charge in [0.25, 0.3) is 0 Å². The van der Waals surface area contributed by atoms with Gasteiger partial charge in [-0.15, -0.1) is 12.4 Å². The molecule has 0 aromatic heterocycles. The minimum absolute atomic E-state index is 0. The highest BCUT2D eigenvalue weighted by atomic mass is 35.5. The van der Waals surface area contributed by atoms with E-state index in [1.807, 2.05) is 0 Å². The molecule has 0 aliphatic heterocycles. The highest BCUT2D eigenvalue weighted by Gasteiger charge is 2.19. The predicted molar refractivity (Wildman–Crippen MR) is 66.7 cm³/mol. The van der Waals surface area contributed by atoms with Crippen molar-refractivity contribution in [1.82, 2.24) is 0 Å². The second kappa shape index (κ2) is 6.98. The van der Waals surface area contributed by atoms with Gasteiger partial charge < -0.3 is 19.9 Å². The molecule has 1 rings (SSSR count). The highest BCUT2D eigenvalue weighted by molar-refractivity contribution is 6.01. The van der Waals surface area contributed by atoms with E-state index in [0.717, 1.165) is 0 Å². The Balaban J connectivity index is 0.00000256. The number of Topliss-reactive ketones (excluding diaryl/α,β-unsaturated/α-hetero) is 1. The molecule has 0 aliphatic carbocycles. The first-order chi connectivity index (χ1) is 7.69. The average Bonchev–Trinajstić information content (AvgIpc) is 2.35. The molecule has 0 bridgehead atoms. The zero-order valence-electron chi connectivity index (χ0n) is 9.98. The van der Waals surface area contributed by atoms with Gasteiger partial charge in [-0.3, -0.25) is 4.79 Å². The molecule has 5 nitrogen and oxygen atoms in total. The lowest BCUT2D eigenvalue weighted by molar-refractivity contribution is 0.0997. The van der Waals surface area contributed by atoms with E-state index in [4.69, 9.17) is 19.9 Å². The van der Waals surface area contributed by atoms with Gasteiger partial charge >= 0.3 is 0 Å². The van der Waals surface area contributed by atoms with Crippen LogP contribution in [-0.2, 0) is 0 Å². The first-order valence-corrected chi connectivity index (χ1v) is 4.71. The second-order valence-corrected chi connectivity index (χ2v) is 3.01. The lowest BCUT2D eigenvalue weighted by atomic mass is 10.1. The molecule has 1 aromatic rings. The van der Waals surface area contributed by atoms with Crippen LogP contribution < -0.4 is 19.9 Å². The highest BCUT2D eigenvalue weighted by Crippen LogP contribution is 2.39. The standard InChI is InChI=1S/C11H15NO4.ClH/c1-14-9-5-4-7(8(13)6-12)10(15-2)11(9)16-3;/h4-5H,6,12H2,1-3H3;1H. The number of ketones is 1.